The SMILES string of the molecule is CCOP(=O)(OCC)c1c(N)c(C#N)c(N)c(C#N)c1C(F)(F)Cl. The number of hydrogen-bond donors (Lipinski definition) is 2. The average Bonchev–Trinajstić information content (AvgIpc) is 2.46. The van der Waals surface area contributed by atoms with Crippen molar-refractivity contribution in [1.29, 1.82) is 10.5 Å². The lowest BCUT2D eigenvalue weighted by Crippen LogP contribution is -2.28. The summed E-state index contributed by atoms with van der Waals surface area (Å²) < 4.78 is 50.9. The van der Waals surface area contributed by atoms with Gasteiger partial charge in [-0.15, -0.1) is 0 Å². The summed E-state index contributed by atoms with van der Waals surface area (Å²) in [6.07, 6.45) is 0. The number of hydrogen-bond acceptors (Lipinski definition) is 7. The molecule has 0 aromatic heterocycles. The number of nitrogen functional groups attached to an aromatic ring is 2. The highest BCUT2D eigenvalue weighted by molar-refractivity contribution is 7.62. The third kappa shape index (κ3) is 3.45. The maximum Gasteiger partial charge on any atom is 0.364 e. The second-order valence-corrected chi connectivity index (χ2v) is 6.79. The van der Waals surface area contributed by atoms with Crippen molar-refractivity contribution in [2.45, 2.75) is 19.2 Å². The fourth-order valence-electron chi connectivity index (χ4n) is 2.08. The number of benzene rings is 1. The minimum atomic E-state index is -4.39. The van der Waals surface area contributed by atoms with E-state index in [1.165, 1.54) is 19.9 Å². The Hall–Kier alpha value is -1.90. The maximum absolute atomic E-state index is 14.0. The molecule has 0 unspecified atom stereocenters. The van der Waals surface area contributed by atoms with Gasteiger partial charge in [0.15, 0.2) is 0 Å². The summed E-state index contributed by atoms with van der Waals surface area (Å²) >= 11 is 5.08. The highest BCUT2D eigenvalue weighted by Gasteiger charge is 2.45. The standard InChI is InChI=1S/C13H14ClF2N4O3P/c1-3-22-24(21,23-4-2)12-9(13(14,15)16)7(5-17)10(19)8(6-18)11(12)20/h3-4,19-20H2,1-2H3. The molecule has 0 saturated heterocycles. The van der Waals surface area contributed by atoms with E-state index in [9.17, 15) is 18.6 Å². The lowest BCUT2D eigenvalue weighted by Gasteiger charge is -2.25. The largest absolute Gasteiger partial charge is 0.397 e. The summed E-state index contributed by atoms with van der Waals surface area (Å²) in [5.41, 5.74) is 7.60. The maximum atomic E-state index is 14.0. The zero-order valence-corrected chi connectivity index (χ0v) is 14.4. The molecule has 7 nitrogen and oxygen atoms in total. The van der Waals surface area contributed by atoms with Gasteiger partial charge in [-0.1, -0.05) is 0 Å². The second kappa shape index (κ2) is 7.33. The highest BCUT2D eigenvalue weighted by atomic mass is 35.5. The summed E-state index contributed by atoms with van der Waals surface area (Å²) in [5, 5.41) is 13.4. The third-order valence-electron chi connectivity index (χ3n) is 2.93. The molecule has 1 aromatic rings. The van der Waals surface area contributed by atoms with E-state index in [0.29, 0.717) is 0 Å². The van der Waals surface area contributed by atoms with Crippen molar-refractivity contribution < 1.29 is 22.4 Å². The molecule has 1 aromatic carbocycles. The van der Waals surface area contributed by atoms with Crippen LogP contribution in [0.5, 0.6) is 0 Å². The van der Waals surface area contributed by atoms with E-state index in [0.717, 1.165) is 0 Å². The molecule has 0 aliphatic carbocycles. The van der Waals surface area contributed by atoms with E-state index in [4.69, 9.17) is 37.4 Å². The zero-order chi connectivity index (χ0) is 18.7. The van der Waals surface area contributed by atoms with E-state index in [1.807, 2.05) is 0 Å². The second-order valence-electron chi connectivity index (χ2n) is 4.36. The van der Waals surface area contributed by atoms with Gasteiger partial charge in [0, 0.05) is 0 Å². The van der Waals surface area contributed by atoms with E-state index >= 15 is 0 Å². The monoisotopic (exact) mass is 378 g/mol. The minimum Gasteiger partial charge on any atom is -0.397 e. The Balaban J connectivity index is 4.12. The van der Waals surface area contributed by atoms with Crippen LogP contribution in [0.25, 0.3) is 0 Å². The summed E-state index contributed by atoms with van der Waals surface area (Å²) in [6, 6.07) is 3.03. The average molecular weight is 379 g/mol. The van der Waals surface area contributed by atoms with Crippen molar-refractivity contribution in [3.63, 3.8) is 0 Å². The Kier molecular flexibility index (Phi) is 6.15. The predicted molar refractivity (Wildman–Crippen MR) is 84.9 cm³/mol. The first kappa shape index (κ1) is 20.1. The quantitative estimate of drug-likeness (QED) is 0.441. The van der Waals surface area contributed by atoms with Crippen LogP contribution in [0.1, 0.15) is 30.5 Å². The molecule has 0 atom stereocenters. The van der Waals surface area contributed by atoms with Crippen LogP contribution in [0, 0.1) is 22.7 Å². The number of nitrogens with zero attached hydrogens (tertiary/aromatic N) is 2. The van der Waals surface area contributed by atoms with Gasteiger partial charge < -0.3 is 20.5 Å². The van der Waals surface area contributed by atoms with Gasteiger partial charge in [0.05, 0.1) is 35.7 Å². The molecule has 0 heterocycles. The van der Waals surface area contributed by atoms with Crippen LogP contribution in [0.4, 0.5) is 20.2 Å². The minimum absolute atomic E-state index is 0.168. The van der Waals surface area contributed by atoms with Crippen molar-refractivity contribution in [3.05, 3.63) is 16.7 Å². The molecule has 1 rings (SSSR count). The van der Waals surface area contributed by atoms with Crippen LogP contribution in [0.3, 0.4) is 0 Å². The fraction of sp³-hybridized carbons (Fsp3) is 0.385. The van der Waals surface area contributed by atoms with Gasteiger partial charge in [-0.3, -0.25) is 4.57 Å². The van der Waals surface area contributed by atoms with Crippen molar-refractivity contribution in [2.24, 2.45) is 0 Å². The van der Waals surface area contributed by atoms with Crippen molar-refractivity contribution >= 4 is 35.9 Å². The van der Waals surface area contributed by atoms with Crippen molar-refractivity contribution in [3.8, 4) is 12.1 Å². The van der Waals surface area contributed by atoms with Crippen LogP contribution in [0.15, 0.2) is 0 Å². The third-order valence-corrected chi connectivity index (χ3v) is 5.33. The number of anilines is 2. The summed E-state index contributed by atoms with van der Waals surface area (Å²) in [7, 11) is -4.39. The summed E-state index contributed by atoms with van der Waals surface area (Å²) in [6.45, 7) is 2.57. The van der Waals surface area contributed by atoms with E-state index in [1.54, 1.807) is 6.07 Å². The van der Waals surface area contributed by atoms with Gasteiger partial charge in [-0.2, -0.15) is 19.3 Å². The molecule has 11 heteroatoms. The smallest absolute Gasteiger partial charge is 0.364 e. The Morgan fingerprint density at radius 1 is 1.12 bits per heavy atom. The number of nitrogens with two attached hydrogens (primary N) is 2. The van der Waals surface area contributed by atoms with Crippen LogP contribution in [-0.2, 0) is 19.0 Å². The van der Waals surface area contributed by atoms with Gasteiger partial charge in [0.25, 0.3) is 0 Å². The van der Waals surface area contributed by atoms with Crippen molar-refractivity contribution in [2.75, 3.05) is 24.7 Å². The Bertz CT molecular complexity index is 774. The molecule has 0 aliphatic rings. The molecule has 0 bridgehead atoms. The van der Waals surface area contributed by atoms with E-state index < -0.39 is 46.3 Å². The predicted octanol–water partition coefficient (Wildman–Crippen LogP) is 2.77. The topological polar surface area (TPSA) is 135 Å². The molecule has 24 heavy (non-hydrogen) atoms. The van der Waals surface area contributed by atoms with Gasteiger partial charge in [0.2, 0.25) is 0 Å². The summed E-state index contributed by atoms with van der Waals surface area (Å²) in [5.74, 6) is 0. The lowest BCUT2D eigenvalue weighted by atomic mass is 10.00. The first-order valence-electron chi connectivity index (χ1n) is 6.60. The van der Waals surface area contributed by atoms with Crippen LogP contribution in [0.2, 0.25) is 0 Å². The molecule has 0 aliphatic heterocycles. The fourth-order valence-corrected chi connectivity index (χ4v) is 4.28. The van der Waals surface area contributed by atoms with Crippen LogP contribution >= 0.6 is 19.2 Å². The first-order chi connectivity index (χ1) is 11.1. The van der Waals surface area contributed by atoms with Gasteiger partial charge in [-0.05, 0) is 25.4 Å². The van der Waals surface area contributed by atoms with Crippen LogP contribution in [-0.4, -0.2) is 13.2 Å². The van der Waals surface area contributed by atoms with Gasteiger partial charge >= 0.3 is 13.0 Å². The normalized spacial score (nSPS) is 11.8. The Morgan fingerprint density at radius 2 is 1.58 bits per heavy atom. The number of alkyl halides is 3. The number of rotatable bonds is 6. The molecule has 0 radical (unpaired) electrons. The first-order valence-corrected chi connectivity index (χ1v) is 8.53. The molecular formula is C13H14ClF2N4O3P. The Morgan fingerprint density at radius 3 is 1.92 bits per heavy atom. The van der Waals surface area contributed by atoms with E-state index in [2.05, 4.69) is 0 Å². The van der Waals surface area contributed by atoms with Gasteiger partial charge in [0.1, 0.15) is 23.0 Å². The van der Waals surface area contributed by atoms with Gasteiger partial charge in [-0.25, -0.2) is 0 Å². The lowest BCUT2D eigenvalue weighted by molar-refractivity contribution is 0.0955. The molecule has 0 amide bonds. The molecule has 130 valence electrons. The molecule has 0 fully saturated rings. The number of nitriles is 2. The van der Waals surface area contributed by atoms with Crippen LogP contribution < -0.4 is 16.8 Å². The molecule has 4 N–H and O–H groups in total. The molecule has 0 spiro atoms. The molecule has 0 saturated carbocycles. The van der Waals surface area contributed by atoms with E-state index in [-0.39, 0.29) is 13.2 Å². The number of halogens is 3. The Labute approximate surface area is 142 Å². The summed E-state index contributed by atoms with van der Waals surface area (Å²) in [4.78, 5) is 0. The van der Waals surface area contributed by atoms with Crippen molar-refractivity contribution in [1.82, 2.24) is 0 Å². The zero-order valence-electron chi connectivity index (χ0n) is 12.8. The highest BCUT2D eigenvalue weighted by Crippen LogP contribution is 2.54. The molecular weight excluding hydrogens is 365 g/mol.